The van der Waals surface area contributed by atoms with Gasteiger partial charge in [0.25, 0.3) is 0 Å². The van der Waals surface area contributed by atoms with E-state index in [9.17, 15) is 0 Å². The van der Waals surface area contributed by atoms with Crippen LogP contribution < -0.4 is 4.74 Å². The van der Waals surface area contributed by atoms with Crippen LogP contribution in [0.5, 0.6) is 5.75 Å². The zero-order valence-corrected chi connectivity index (χ0v) is 11.3. The molecule has 0 saturated heterocycles. The van der Waals surface area contributed by atoms with Crippen molar-refractivity contribution in [1.29, 1.82) is 0 Å². The molecule has 0 aliphatic heterocycles. The predicted molar refractivity (Wildman–Crippen MR) is 72.7 cm³/mol. The monoisotopic (exact) mass is 303 g/mol. The normalized spacial score (nSPS) is 10.8. The third kappa shape index (κ3) is 1.76. The maximum absolute atomic E-state index is 5.27. The van der Waals surface area contributed by atoms with Crippen LogP contribution in [0.4, 0.5) is 0 Å². The lowest BCUT2D eigenvalue weighted by Gasteiger charge is -2.03. The van der Waals surface area contributed by atoms with E-state index in [2.05, 4.69) is 26.1 Å². The van der Waals surface area contributed by atoms with Gasteiger partial charge in [0.1, 0.15) is 0 Å². The van der Waals surface area contributed by atoms with Crippen molar-refractivity contribution in [3.8, 4) is 17.1 Å². The second kappa shape index (κ2) is 4.42. The molecule has 0 saturated carbocycles. The van der Waals surface area contributed by atoms with Gasteiger partial charge in [-0.25, -0.2) is 0 Å². The van der Waals surface area contributed by atoms with E-state index >= 15 is 0 Å². The van der Waals surface area contributed by atoms with Gasteiger partial charge in [0.05, 0.1) is 7.11 Å². The lowest BCUT2D eigenvalue weighted by Crippen LogP contribution is -1.91. The van der Waals surface area contributed by atoms with Gasteiger partial charge in [0.2, 0.25) is 5.65 Å². The predicted octanol–water partition coefficient (Wildman–Crippen LogP) is 3.17. The molecule has 5 heteroatoms. The van der Waals surface area contributed by atoms with Crippen molar-refractivity contribution in [1.82, 2.24) is 14.6 Å². The van der Waals surface area contributed by atoms with Crippen LogP contribution in [0.1, 0.15) is 0 Å². The molecule has 2 heterocycles. The molecule has 0 amide bonds. The second-order valence-corrected chi connectivity index (χ2v) is 4.72. The van der Waals surface area contributed by atoms with Crippen molar-refractivity contribution in [2.75, 3.05) is 7.11 Å². The van der Waals surface area contributed by atoms with Crippen LogP contribution >= 0.6 is 15.9 Å². The van der Waals surface area contributed by atoms with Crippen LogP contribution in [0.25, 0.3) is 17.0 Å². The number of fused-ring (bicyclic) bond motifs is 1. The fraction of sp³-hybridized carbons (Fsp3) is 0.0769. The first kappa shape index (κ1) is 11.2. The summed E-state index contributed by atoms with van der Waals surface area (Å²) in [5.41, 5.74) is 1.72. The summed E-state index contributed by atoms with van der Waals surface area (Å²) in [5, 5.41) is 8.40. The second-order valence-electron chi connectivity index (χ2n) is 3.80. The molecule has 18 heavy (non-hydrogen) atoms. The van der Waals surface area contributed by atoms with E-state index in [4.69, 9.17) is 4.74 Å². The van der Waals surface area contributed by atoms with Crippen LogP contribution in [0.2, 0.25) is 0 Å². The highest BCUT2D eigenvalue weighted by molar-refractivity contribution is 9.10. The summed E-state index contributed by atoms with van der Waals surface area (Å²) in [5.74, 6) is 1.51. The Labute approximate surface area is 112 Å². The molecule has 0 spiro atoms. The first-order chi connectivity index (χ1) is 8.79. The van der Waals surface area contributed by atoms with Crippen molar-refractivity contribution >= 4 is 21.6 Å². The summed E-state index contributed by atoms with van der Waals surface area (Å²) >= 11 is 3.46. The average molecular weight is 304 g/mol. The maximum atomic E-state index is 5.27. The van der Waals surface area contributed by atoms with Gasteiger partial charge in [-0.2, -0.15) is 0 Å². The molecule has 1 aromatic carbocycles. The fourth-order valence-electron chi connectivity index (χ4n) is 1.88. The average Bonchev–Trinajstić information content (AvgIpc) is 2.82. The smallest absolute Gasteiger partial charge is 0.203 e. The van der Waals surface area contributed by atoms with Gasteiger partial charge in [-0.15, -0.1) is 10.2 Å². The topological polar surface area (TPSA) is 39.4 Å². The number of halogens is 1. The van der Waals surface area contributed by atoms with Crippen LogP contribution in [0.3, 0.4) is 0 Å². The van der Waals surface area contributed by atoms with Gasteiger partial charge in [-0.1, -0.05) is 28.1 Å². The fourth-order valence-corrected chi connectivity index (χ4v) is 2.27. The van der Waals surface area contributed by atoms with E-state index in [-0.39, 0.29) is 0 Å². The quantitative estimate of drug-likeness (QED) is 0.730. The third-order valence-electron chi connectivity index (χ3n) is 2.70. The first-order valence-corrected chi connectivity index (χ1v) is 6.22. The minimum absolute atomic E-state index is 0.714. The molecular formula is C13H10BrN3O. The van der Waals surface area contributed by atoms with Gasteiger partial charge in [-0.05, 0) is 24.3 Å². The number of nitrogens with zero attached hydrogens (tertiary/aromatic N) is 3. The standard InChI is InChI=1S/C13H10BrN3O/c1-18-11-6-3-7-17-12(15-16-13(11)17)9-4-2-5-10(14)8-9/h2-8H,1H3. The molecule has 0 aliphatic rings. The largest absolute Gasteiger partial charge is 0.493 e. The van der Waals surface area contributed by atoms with E-state index in [1.807, 2.05) is 47.0 Å². The van der Waals surface area contributed by atoms with Gasteiger partial charge in [0, 0.05) is 16.2 Å². The molecule has 0 fully saturated rings. The Bertz CT molecular complexity index is 708. The number of hydrogen-bond donors (Lipinski definition) is 0. The zero-order valence-electron chi connectivity index (χ0n) is 9.67. The molecule has 4 nitrogen and oxygen atoms in total. The van der Waals surface area contributed by atoms with Crippen molar-refractivity contribution in [2.45, 2.75) is 0 Å². The van der Waals surface area contributed by atoms with E-state index < -0.39 is 0 Å². The molecule has 3 rings (SSSR count). The molecule has 3 aromatic rings. The minimum Gasteiger partial charge on any atom is -0.493 e. The Hall–Kier alpha value is -1.88. The Balaban J connectivity index is 2.25. The molecule has 0 radical (unpaired) electrons. The van der Waals surface area contributed by atoms with Crippen molar-refractivity contribution in [3.05, 3.63) is 47.1 Å². The summed E-state index contributed by atoms with van der Waals surface area (Å²) in [6, 6.07) is 11.7. The van der Waals surface area contributed by atoms with Gasteiger partial charge >= 0.3 is 0 Å². The molecule has 0 bridgehead atoms. The Morgan fingerprint density at radius 2 is 2.06 bits per heavy atom. The summed E-state index contributed by atoms with van der Waals surface area (Å²) in [4.78, 5) is 0. The highest BCUT2D eigenvalue weighted by Crippen LogP contribution is 2.25. The summed E-state index contributed by atoms with van der Waals surface area (Å²) < 4.78 is 8.20. The Morgan fingerprint density at radius 1 is 1.17 bits per heavy atom. The van der Waals surface area contributed by atoms with E-state index in [0.717, 1.165) is 21.5 Å². The number of rotatable bonds is 2. The molecule has 90 valence electrons. The summed E-state index contributed by atoms with van der Waals surface area (Å²) in [7, 11) is 1.63. The molecule has 2 aromatic heterocycles. The van der Waals surface area contributed by atoms with Gasteiger partial charge < -0.3 is 4.74 Å². The van der Waals surface area contributed by atoms with Gasteiger partial charge in [0.15, 0.2) is 11.6 Å². The van der Waals surface area contributed by atoms with Crippen LogP contribution in [-0.4, -0.2) is 21.7 Å². The highest BCUT2D eigenvalue weighted by atomic mass is 79.9. The number of aromatic nitrogens is 3. The number of methoxy groups -OCH3 is 1. The van der Waals surface area contributed by atoms with E-state index in [0.29, 0.717) is 5.75 Å². The lowest BCUT2D eigenvalue weighted by atomic mass is 10.2. The SMILES string of the molecule is COc1cccn2c(-c3cccc(Br)c3)nnc12. The lowest BCUT2D eigenvalue weighted by molar-refractivity contribution is 0.417. The van der Waals surface area contributed by atoms with Gasteiger partial charge in [-0.3, -0.25) is 4.40 Å². The number of benzene rings is 1. The van der Waals surface area contributed by atoms with Crippen LogP contribution in [0.15, 0.2) is 47.1 Å². The highest BCUT2D eigenvalue weighted by Gasteiger charge is 2.11. The Kier molecular flexibility index (Phi) is 2.76. The van der Waals surface area contributed by atoms with Crippen molar-refractivity contribution in [3.63, 3.8) is 0 Å². The number of hydrogen-bond acceptors (Lipinski definition) is 3. The third-order valence-corrected chi connectivity index (χ3v) is 3.19. The molecule has 0 N–H and O–H groups in total. The summed E-state index contributed by atoms with van der Waals surface area (Å²) in [6.07, 6.45) is 1.92. The van der Waals surface area contributed by atoms with E-state index in [1.54, 1.807) is 7.11 Å². The maximum Gasteiger partial charge on any atom is 0.203 e. The van der Waals surface area contributed by atoms with E-state index in [1.165, 1.54) is 0 Å². The van der Waals surface area contributed by atoms with Crippen molar-refractivity contribution in [2.24, 2.45) is 0 Å². The summed E-state index contributed by atoms with van der Waals surface area (Å²) in [6.45, 7) is 0. The van der Waals surface area contributed by atoms with Crippen LogP contribution in [-0.2, 0) is 0 Å². The minimum atomic E-state index is 0.714. The number of pyridine rings is 1. The van der Waals surface area contributed by atoms with Crippen LogP contribution in [0, 0.1) is 0 Å². The molecule has 0 aliphatic carbocycles. The Morgan fingerprint density at radius 3 is 2.83 bits per heavy atom. The zero-order chi connectivity index (χ0) is 12.5. The first-order valence-electron chi connectivity index (χ1n) is 5.43. The molecule has 0 unspecified atom stereocenters. The van der Waals surface area contributed by atoms with Crippen molar-refractivity contribution < 1.29 is 4.74 Å². The molecule has 0 atom stereocenters. The number of ether oxygens (including phenoxy) is 1. The molecular weight excluding hydrogens is 294 g/mol.